The molecule has 0 spiro atoms. The van der Waals surface area contributed by atoms with Gasteiger partial charge < -0.3 is 5.32 Å². The quantitative estimate of drug-likeness (QED) is 0.614. The van der Waals surface area contributed by atoms with Gasteiger partial charge in [0.25, 0.3) is 0 Å². The number of unbranched alkanes of at least 4 members (excludes halogenated alkanes) is 3. The summed E-state index contributed by atoms with van der Waals surface area (Å²) in [6, 6.07) is 10.2. The first-order valence-corrected chi connectivity index (χ1v) is 7.50. The smallest absolute Gasteiger partial charge is 0.189 e. The van der Waals surface area contributed by atoms with Crippen molar-refractivity contribution in [2.45, 2.75) is 51.6 Å². The Kier molecular flexibility index (Phi) is 4.77. The molecule has 1 aliphatic rings. The van der Waals surface area contributed by atoms with Gasteiger partial charge in [-0.2, -0.15) is 0 Å². The van der Waals surface area contributed by atoms with Crippen molar-refractivity contribution in [3.05, 3.63) is 30.3 Å². The summed E-state index contributed by atoms with van der Waals surface area (Å²) in [5, 5.41) is 6.12. The molecule has 0 radical (unpaired) electrons. The number of para-hydroxylation sites is 1. The van der Waals surface area contributed by atoms with Gasteiger partial charge in [0.05, 0.1) is 5.69 Å². The molecule has 0 aromatic heterocycles. The highest BCUT2D eigenvalue weighted by Gasteiger charge is 2.35. The molecule has 1 saturated heterocycles. The van der Waals surface area contributed by atoms with E-state index in [0.717, 1.165) is 17.2 Å². The van der Waals surface area contributed by atoms with E-state index in [1.165, 1.54) is 25.7 Å². The molecule has 4 heteroatoms. The van der Waals surface area contributed by atoms with Crippen LogP contribution < -0.4 is 15.8 Å². The first-order chi connectivity index (χ1) is 9.14. The topological polar surface area (TPSA) is 27.3 Å². The van der Waals surface area contributed by atoms with E-state index in [1.807, 2.05) is 23.2 Å². The predicted octanol–water partition coefficient (Wildman–Crippen LogP) is 3.57. The molecule has 1 fully saturated rings. The van der Waals surface area contributed by atoms with Crippen LogP contribution in [0.15, 0.2) is 30.3 Å². The molecule has 1 aromatic carbocycles. The summed E-state index contributed by atoms with van der Waals surface area (Å²) in [5.74, 6) is 0. The van der Waals surface area contributed by atoms with Gasteiger partial charge in [0.2, 0.25) is 0 Å². The van der Waals surface area contributed by atoms with Crippen molar-refractivity contribution < 1.29 is 0 Å². The molecule has 1 aliphatic heterocycles. The molecule has 0 unspecified atom stereocenters. The number of anilines is 1. The Balaban J connectivity index is 1.94. The Hall–Kier alpha value is -1.13. The molecule has 3 nitrogen and oxygen atoms in total. The number of hydrogen-bond acceptors (Lipinski definition) is 2. The molecule has 19 heavy (non-hydrogen) atoms. The largest absolute Gasteiger partial charge is 0.342 e. The zero-order valence-corrected chi connectivity index (χ0v) is 12.6. The van der Waals surface area contributed by atoms with Gasteiger partial charge in [-0.25, -0.2) is 5.43 Å². The van der Waals surface area contributed by atoms with Crippen molar-refractivity contribution in [2.75, 3.05) is 5.01 Å². The second-order valence-corrected chi connectivity index (χ2v) is 5.74. The fraction of sp³-hybridized carbons (Fsp3) is 0.533. The molecule has 0 aliphatic carbocycles. The SMILES string of the molecule is CCCCCC[C@]1(C)NC(=S)N(c2ccccc2)N1. The molecule has 0 amide bonds. The van der Waals surface area contributed by atoms with Crippen LogP contribution in [0.5, 0.6) is 0 Å². The second kappa shape index (κ2) is 6.35. The number of thiocarbonyl (C=S) groups is 1. The Morgan fingerprint density at radius 1 is 1.16 bits per heavy atom. The summed E-state index contributed by atoms with van der Waals surface area (Å²) in [6.07, 6.45) is 6.16. The summed E-state index contributed by atoms with van der Waals surface area (Å²) in [5.41, 5.74) is 4.45. The van der Waals surface area contributed by atoms with Crippen molar-refractivity contribution in [1.82, 2.24) is 10.7 Å². The van der Waals surface area contributed by atoms with Crippen LogP contribution >= 0.6 is 12.2 Å². The minimum absolute atomic E-state index is 0.124. The van der Waals surface area contributed by atoms with Gasteiger partial charge in [0.15, 0.2) is 5.11 Å². The maximum Gasteiger partial charge on any atom is 0.189 e. The minimum atomic E-state index is -0.124. The third-order valence-electron chi connectivity index (χ3n) is 3.49. The molecular weight excluding hydrogens is 254 g/mol. The fourth-order valence-electron chi connectivity index (χ4n) is 2.40. The van der Waals surface area contributed by atoms with Crippen molar-refractivity contribution >= 4 is 23.0 Å². The highest BCUT2D eigenvalue weighted by molar-refractivity contribution is 7.80. The number of nitrogens with one attached hydrogen (secondary N) is 2. The molecule has 2 N–H and O–H groups in total. The van der Waals surface area contributed by atoms with Crippen LogP contribution in [0, 0.1) is 0 Å². The number of benzene rings is 1. The van der Waals surface area contributed by atoms with E-state index >= 15 is 0 Å². The maximum atomic E-state index is 5.43. The van der Waals surface area contributed by atoms with Crippen molar-refractivity contribution in [3.8, 4) is 0 Å². The van der Waals surface area contributed by atoms with E-state index in [2.05, 4.69) is 36.7 Å². The lowest BCUT2D eigenvalue weighted by Gasteiger charge is -2.25. The van der Waals surface area contributed by atoms with Crippen LogP contribution in [0.2, 0.25) is 0 Å². The number of hydrazine groups is 1. The van der Waals surface area contributed by atoms with E-state index in [0.29, 0.717) is 0 Å². The Bertz CT molecular complexity index is 421. The van der Waals surface area contributed by atoms with E-state index < -0.39 is 0 Å². The second-order valence-electron chi connectivity index (χ2n) is 5.36. The van der Waals surface area contributed by atoms with E-state index in [9.17, 15) is 0 Å². The third kappa shape index (κ3) is 3.67. The van der Waals surface area contributed by atoms with Gasteiger partial charge in [-0.3, -0.25) is 5.01 Å². The van der Waals surface area contributed by atoms with E-state index in [4.69, 9.17) is 12.2 Å². The lowest BCUT2D eigenvalue weighted by molar-refractivity contribution is 0.333. The summed E-state index contributed by atoms with van der Waals surface area (Å²) in [7, 11) is 0. The highest BCUT2D eigenvalue weighted by Crippen LogP contribution is 2.22. The molecule has 2 rings (SSSR count). The van der Waals surface area contributed by atoms with E-state index in [-0.39, 0.29) is 5.66 Å². The normalized spacial score (nSPS) is 22.6. The molecule has 1 aromatic rings. The lowest BCUT2D eigenvalue weighted by Crippen LogP contribution is -2.48. The van der Waals surface area contributed by atoms with Crippen molar-refractivity contribution in [1.29, 1.82) is 0 Å². The number of rotatable bonds is 6. The Morgan fingerprint density at radius 3 is 2.58 bits per heavy atom. The third-order valence-corrected chi connectivity index (χ3v) is 3.77. The summed E-state index contributed by atoms with van der Waals surface area (Å²) < 4.78 is 0. The van der Waals surface area contributed by atoms with Crippen molar-refractivity contribution in [3.63, 3.8) is 0 Å². The van der Waals surface area contributed by atoms with Crippen LogP contribution in [-0.4, -0.2) is 10.8 Å². The lowest BCUT2D eigenvalue weighted by atomic mass is 10.0. The average Bonchev–Trinajstić information content (AvgIpc) is 2.72. The number of hydrogen-bond donors (Lipinski definition) is 2. The predicted molar refractivity (Wildman–Crippen MR) is 85.0 cm³/mol. The van der Waals surface area contributed by atoms with Crippen LogP contribution in [-0.2, 0) is 0 Å². The molecule has 1 atom stereocenters. The molecule has 0 bridgehead atoms. The monoisotopic (exact) mass is 277 g/mol. The van der Waals surface area contributed by atoms with Gasteiger partial charge in [-0.05, 0) is 44.1 Å². The van der Waals surface area contributed by atoms with Crippen LogP contribution in [0.3, 0.4) is 0 Å². The van der Waals surface area contributed by atoms with Gasteiger partial charge in [-0.1, -0.05) is 44.4 Å². The summed E-state index contributed by atoms with van der Waals surface area (Å²) in [6.45, 7) is 4.41. The zero-order valence-electron chi connectivity index (χ0n) is 11.8. The first kappa shape index (κ1) is 14.3. The van der Waals surface area contributed by atoms with E-state index in [1.54, 1.807) is 0 Å². The highest BCUT2D eigenvalue weighted by atomic mass is 32.1. The Labute approximate surface area is 121 Å². The van der Waals surface area contributed by atoms with Gasteiger partial charge in [0.1, 0.15) is 5.66 Å². The zero-order chi connectivity index (χ0) is 13.7. The minimum Gasteiger partial charge on any atom is -0.342 e. The first-order valence-electron chi connectivity index (χ1n) is 7.10. The number of nitrogens with zero attached hydrogens (tertiary/aromatic N) is 1. The average molecular weight is 277 g/mol. The van der Waals surface area contributed by atoms with Gasteiger partial charge in [-0.15, -0.1) is 0 Å². The van der Waals surface area contributed by atoms with Crippen LogP contribution in [0.25, 0.3) is 0 Å². The maximum absolute atomic E-state index is 5.43. The summed E-state index contributed by atoms with van der Waals surface area (Å²) >= 11 is 5.43. The van der Waals surface area contributed by atoms with Crippen molar-refractivity contribution in [2.24, 2.45) is 0 Å². The summed E-state index contributed by atoms with van der Waals surface area (Å²) in [4.78, 5) is 0. The standard InChI is InChI=1S/C15H23N3S/c1-3-4-5-9-12-15(2)16-14(19)18(17-15)13-10-7-6-8-11-13/h6-8,10-11,17H,3-5,9,12H2,1-2H3,(H,16,19)/t15-/m1/s1. The molecule has 104 valence electrons. The molecule has 0 saturated carbocycles. The van der Waals surface area contributed by atoms with Gasteiger partial charge in [0, 0.05) is 0 Å². The Morgan fingerprint density at radius 2 is 1.89 bits per heavy atom. The fourth-order valence-corrected chi connectivity index (χ4v) is 2.78. The molecular formula is C15H23N3S. The molecule has 1 heterocycles. The van der Waals surface area contributed by atoms with Gasteiger partial charge >= 0.3 is 0 Å². The van der Waals surface area contributed by atoms with Crippen LogP contribution in [0.1, 0.15) is 46.0 Å². The van der Waals surface area contributed by atoms with Crippen LogP contribution in [0.4, 0.5) is 5.69 Å².